The van der Waals surface area contributed by atoms with Crippen LogP contribution in [-0.2, 0) is 23.4 Å². The normalized spacial score (nSPS) is 13.6. The van der Waals surface area contributed by atoms with E-state index in [2.05, 4.69) is 0 Å². The lowest BCUT2D eigenvalue weighted by Gasteiger charge is -2.31. The van der Waals surface area contributed by atoms with Gasteiger partial charge in [0.05, 0.1) is 13.2 Å². The molecule has 1 N–H and O–H groups in total. The first-order chi connectivity index (χ1) is 15.2. The second-order valence-corrected chi connectivity index (χ2v) is 7.48. The molecule has 1 unspecified atom stereocenters. The van der Waals surface area contributed by atoms with Gasteiger partial charge in [-0.05, 0) is 47.4 Å². The predicted octanol–water partition coefficient (Wildman–Crippen LogP) is 6.54. The maximum absolute atomic E-state index is 14.1. The molecule has 0 saturated heterocycles. The number of aryl methyl sites for hydroxylation is 1. The molecule has 3 nitrogen and oxygen atoms in total. The van der Waals surface area contributed by atoms with Crippen LogP contribution in [0.25, 0.3) is 0 Å². The molecule has 1 atom stereocenters. The van der Waals surface area contributed by atoms with Crippen LogP contribution in [0.3, 0.4) is 0 Å². The molecule has 0 heterocycles. The van der Waals surface area contributed by atoms with Crippen molar-refractivity contribution in [1.29, 1.82) is 0 Å². The number of hydrogen-bond donors (Lipinski definition) is 1. The highest BCUT2D eigenvalue weighted by Gasteiger charge is 2.55. The van der Waals surface area contributed by atoms with E-state index in [1.54, 1.807) is 42.5 Å². The van der Waals surface area contributed by atoms with Crippen molar-refractivity contribution >= 4 is 0 Å². The number of rotatable bonds is 9. The quantitative estimate of drug-likeness (QED) is 0.378. The fraction of sp³-hybridized carbons (Fsp3) is 0.280. The highest BCUT2D eigenvalue weighted by Crippen LogP contribution is 2.39. The van der Waals surface area contributed by atoms with Gasteiger partial charge in [-0.2, -0.15) is 13.2 Å². The average Bonchev–Trinajstić information content (AvgIpc) is 2.76. The Balaban J connectivity index is 1.71. The summed E-state index contributed by atoms with van der Waals surface area (Å²) in [6.45, 7) is 0.702. The van der Waals surface area contributed by atoms with Crippen LogP contribution in [0.5, 0.6) is 11.5 Å². The van der Waals surface area contributed by atoms with Crippen LogP contribution in [0.2, 0.25) is 0 Å². The Hall–Kier alpha value is -2.90. The molecule has 0 saturated carbocycles. The summed E-state index contributed by atoms with van der Waals surface area (Å²) in [7, 11) is 0. The fourth-order valence-corrected chi connectivity index (χ4v) is 3.21. The minimum absolute atomic E-state index is 0.0742. The van der Waals surface area contributed by atoms with Crippen LogP contribution < -0.4 is 4.74 Å². The Labute approximate surface area is 184 Å². The first-order valence-electron chi connectivity index (χ1n) is 10.2. The van der Waals surface area contributed by atoms with Gasteiger partial charge in [0.2, 0.25) is 5.60 Å². The summed E-state index contributed by atoms with van der Waals surface area (Å²) in [4.78, 5) is 0. The lowest BCUT2D eigenvalue weighted by Crippen LogP contribution is -2.46. The zero-order chi connectivity index (χ0) is 23.2. The molecule has 3 aromatic rings. The maximum Gasteiger partial charge on any atom is 0.423 e. The van der Waals surface area contributed by atoms with E-state index < -0.39 is 24.2 Å². The number of hydrogen-bond acceptors (Lipinski definition) is 3. The van der Waals surface area contributed by atoms with Crippen molar-refractivity contribution < 1.29 is 32.1 Å². The average molecular weight is 448 g/mol. The molecule has 0 fully saturated rings. The highest BCUT2D eigenvalue weighted by molar-refractivity contribution is 5.35. The van der Waals surface area contributed by atoms with Crippen molar-refractivity contribution in [3.8, 4) is 11.5 Å². The standard InChI is InChI=1S/C25H24F4O3/c1-2-6-18-9-12-20(13-10-18)24(30,25(27,28)29)17-31-16-19-11-14-22(26)23(15-19)32-21-7-4-3-5-8-21/h3-5,7-15,30H,2,6,16-17H2,1H3. The van der Waals surface area contributed by atoms with E-state index in [0.717, 1.165) is 24.5 Å². The summed E-state index contributed by atoms with van der Waals surface area (Å²) in [5, 5.41) is 10.5. The molecular weight excluding hydrogens is 424 g/mol. The first-order valence-corrected chi connectivity index (χ1v) is 10.2. The third kappa shape index (κ3) is 5.66. The number of aliphatic hydroxyl groups is 1. The molecule has 7 heteroatoms. The Morgan fingerprint density at radius 3 is 2.16 bits per heavy atom. The van der Waals surface area contributed by atoms with Gasteiger partial charge in [0, 0.05) is 0 Å². The summed E-state index contributed by atoms with van der Waals surface area (Å²) >= 11 is 0. The lowest BCUT2D eigenvalue weighted by molar-refractivity contribution is -0.283. The second-order valence-electron chi connectivity index (χ2n) is 7.48. The number of alkyl halides is 3. The van der Waals surface area contributed by atoms with Gasteiger partial charge in [-0.25, -0.2) is 4.39 Å². The monoisotopic (exact) mass is 448 g/mol. The van der Waals surface area contributed by atoms with E-state index in [0.29, 0.717) is 11.3 Å². The largest absolute Gasteiger partial charge is 0.454 e. The Morgan fingerprint density at radius 1 is 0.875 bits per heavy atom. The molecule has 32 heavy (non-hydrogen) atoms. The van der Waals surface area contributed by atoms with Crippen LogP contribution in [0.1, 0.15) is 30.0 Å². The Kier molecular flexibility index (Phi) is 7.53. The van der Waals surface area contributed by atoms with Gasteiger partial charge in [-0.1, -0.05) is 61.9 Å². The van der Waals surface area contributed by atoms with Crippen LogP contribution in [0, 0.1) is 5.82 Å². The second kappa shape index (κ2) is 10.1. The van der Waals surface area contributed by atoms with E-state index in [1.807, 2.05) is 6.92 Å². The minimum atomic E-state index is -4.94. The molecule has 0 aliphatic heterocycles. The molecular formula is C25H24F4O3. The summed E-state index contributed by atoms with van der Waals surface area (Å²) < 4.78 is 66.0. The van der Waals surface area contributed by atoms with Crippen LogP contribution in [0.4, 0.5) is 17.6 Å². The van der Waals surface area contributed by atoms with E-state index >= 15 is 0 Å². The minimum Gasteiger partial charge on any atom is -0.454 e. The number of halogens is 4. The third-order valence-corrected chi connectivity index (χ3v) is 4.99. The number of para-hydroxylation sites is 1. The Morgan fingerprint density at radius 2 is 1.53 bits per heavy atom. The fourth-order valence-electron chi connectivity index (χ4n) is 3.21. The highest BCUT2D eigenvalue weighted by atomic mass is 19.4. The van der Waals surface area contributed by atoms with Crippen molar-refractivity contribution in [3.63, 3.8) is 0 Å². The van der Waals surface area contributed by atoms with E-state index in [1.165, 1.54) is 24.3 Å². The summed E-state index contributed by atoms with van der Waals surface area (Å²) in [6.07, 6.45) is -3.34. The smallest absolute Gasteiger partial charge is 0.423 e. The molecule has 0 aliphatic carbocycles. The summed E-state index contributed by atoms with van der Waals surface area (Å²) in [6, 6.07) is 18.1. The zero-order valence-corrected chi connectivity index (χ0v) is 17.5. The van der Waals surface area contributed by atoms with E-state index in [9.17, 15) is 22.7 Å². The molecule has 3 rings (SSSR count). The summed E-state index contributed by atoms with van der Waals surface area (Å²) in [5.41, 5.74) is -2.17. The van der Waals surface area contributed by atoms with Crippen LogP contribution in [-0.4, -0.2) is 17.9 Å². The molecule has 170 valence electrons. The van der Waals surface area contributed by atoms with Gasteiger partial charge in [-0.15, -0.1) is 0 Å². The van der Waals surface area contributed by atoms with Crippen molar-refractivity contribution in [2.75, 3.05) is 6.61 Å². The lowest BCUT2D eigenvalue weighted by atomic mass is 9.92. The van der Waals surface area contributed by atoms with E-state index in [4.69, 9.17) is 9.47 Å². The molecule has 0 aromatic heterocycles. The number of ether oxygens (including phenoxy) is 2. The van der Waals surface area contributed by atoms with Crippen LogP contribution in [0.15, 0.2) is 72.8 Å². The van der Waals surface area contributed by atoms with Crippen molar-refractivity contribution in [1.82, 2.24) is 0 Å². The maximum atomic E-state index is 14.1. The Bertz CT molecular complexity index is 1000. The molecule has 0 spiro atoms. The molecule has 0 radical (unpaired) electrons. The van der Waals surface area contributed by atoms with Crippen LogP contribution >= 0.6 is 0 Å². The van der Waals surface area contributed by atoms with Gasteiger partial charge in [0.15, 0.2) is 11.6 Å². The molecule has 0 aliphatic rings. The zero-order valence-electron chi connectivity index (χ0n) is 17.5. The van der Waals surface area contributed by atoms with Gasteiger partial charge in [0.25, 0.3) is 0 Å². The molecule has 0 bridgehead atoms. The predicted molar refractivity (Wildman–Crippen MR) is 113 cm³/mol. The topological polar surface area (TPSA) is 38.7 Å². The molecule has 0 amide bonds. The third-order valence-electron chi connectivity index (χ3n) is 4.99. The van der Waals surface area contributed by atoms with Gasteiger partial charge < -0.3 is 14.6 Å². The van der Waals surface area contributed by atoms with Crippen molar-refractivity contribution in [2.24, 2.45) is 0 Å². The van der Waals surface area contributed by atoms with Crippen molar-refractivity contribution in [3.05, 3.63) is 95.3 Å². The molecule has 3 aromatic carbocycles. The van der Waals surface area contributed by atoms with Crippen molar-refractivity contribution in [2.45, 2.75) is 38.1 Å². The van der Waals surface area contributed by atoms with Gasteiger partial charge >= 0.3 is 6.18 Å². The van der Waals surface area contributed by atoms with E-state index in [-0.39, 0.29) is 17.9 Å². The first kappa shape index (κ1) is 23.8. The van der Waals surface area contributed by atoms with Gasteiger partial charge in [0.1, 0.15) is 5.75 Å². The SMILES string of the molecule is CCCc1ccc(C(O)(COCc2ccc(F)c(Oc3ccccc3)c2)C(F)(F)F)cc1. The van der Waals surface area contributed by atoms with Gasteiger partial charge in [-0.3, -0.25) is 0 Å². The number of benzene rings is 3. The summed E-state index contributed by atoms with van der Waals surface area (Å²) in [5.74, 6) is -0.270.